The maximum Gasteiger partial charge on any atom is 0.242 e. The van der Waals surface area contributed by atoms with E-state index in [4.69, 9.17) is 0 Å². The van der Waals surface area contributed by atoms with Gasteiger partial charge in [0.15, 0.2) is 0 Å². The second-order valence-electron chi connectivity index (χ2n) is 6.76. The third kappa shape index (κ3) is 5.34. The van der Waals surface area contributed by atoms with Crippen molar-refractivity contribution in [2.75, 3.05) is 25.2 Å². The van der Waals surface area contributed by atoms with Gasteiger partial charge in [0.1, 0.15) is 6.04 Å². The third-order valence-corrected chi connectivity index (χ3v) is 5.30. The number of nitrogens with one attached hydrogen (secondary N) is 2. The minimum absolute atomic E-state index is 0.0523. The molecule has 2 N–H and O–H groups in total. The van der Waals surface area contributed by atoms with Crippen LogP contribution in [0.2, 0.25) is 0 Å². The molecule has 0 aromatic heterocycles. The van der Waals surface area contributed by atoms with Crippen molar-refractivity contribution in [3.8, 4) is 0 Å². The van der Waals surface area contributed by atoms with Crippen LogP contribution in [0.15, 0.2) is 59.5 Å². The summed E-state index contributed by atoms with van der Waals surface area (Å²) in [6.07, 6.45) is 4.04. The number of anilines is 1. The average Bonchev–Trinajstić information content (AvgIpc) is 3.47. The summed E-state index contributed by atoms with van der Waals surface area (Å²) in [5.41, 5.74) is 1.68. The Bertz CT molecular complexity index is 793. The highest BCUT2D eigenvalue weighted by Gasteiger charge is 2.31. The van der Waals surface area contributed by atoms with Crippen LogP contribution in [-0.2, 0) is 9.59 Å². The first-order chi connectivity index (χ1) is 13.1. The molecular weight excluding hydrogens is 358 g/mol. The molecule has 0 aliphatic heterocycles. The van der Waals surface area contributed by atoms with Crippen LogP contribution in [0.4, 0.5) is 5.69 Å². The molecule has 0 radical (unpaired) electrons. The number of benzene rings is 2. The van der Waals surface area contributed by atoms with Crippen LogP contribution in [0.1, 0.15) is 24.4 Å². The van der Waals surface area contributed by atoms with Crippen LogP contribution < -0.4 is 10.6 Å². The molecule has 1 aliphatic carbocycles. The van der Waals surface area contributed by atoms with Gasteiger partial charge in [0.05, 0.1) is 12.2 Å². The molecule has 2 aromatic rings. The van der Waals surface area contributed by atoms with E-state index in [0.717, 1.165) is 29.0 Å². The first-order valence-electron chi connectivity index (χ1n) is 9.07. The predicted octanol–water partition coefficient (Wildman–Crippen LogP) is 3.30. The summed E-state index contributed by atoms with van der Waals surface area (Å²) < 4.78 is 0. The first kappa shape index (κ1) is 19.5. The largest absolute Gasteiger partial charge is 0.352 e. The summed E-state index contributed by atoms with van der Waals surface area (Å²) in [6, 6.07) is 17.1. The molecule has 6 heteroatoms. The molecule has 3 rings (SSSR count). The van der Waals surface area contributed by atoms with Gasteiger partial charge in [-0.2, -0.15) is 0 Å². The van der Waals surface area contributed by atoms with Gasteiger partial charge < -0.3 is 10.6 Å². The Hall–Kier alpha value is -2.31. The van der Waals surface area contributed by atoms with E-state index in [-0.39, 0.29) is 24.4 Å². The van der Waals surface area contributed by atoms with Crippen molar-refractivity contribution in [2.45, 2.75) is 29.8 Å². The minimum Gasteiger partial charge on any atom is -0.352 e. The molecule has 5 nitrogen and oxygen atoms in total. The normalized spacial score (nSPS) is 14.6. The van der Waals surface area contributed by atoms with Crippen molar-refractivity contribution in [2.24, 2.45) is 0 Å². The highest BCUT2D eigenvalue weighted by molar-refractivity contribution is 7.98. The predicted molar refractivity (Wildman–Crippen MR) is 110 cm³/mol. The fourth-order valence-electron chi connectivity index (χ4n) is 3.00. The molecule has 0 saturated heterocycles. The molecule has 0 unspecified atom stereocenters. The number of carbonyl (C=O) groups excluding carboxylic acids is 2. The van der Waals surface area contributed by atoms with Crippen LogP contribution in [0.3, 0.4) is 0 Å². The smallest absolute Gasteiger partial charge is 0.242 e. The lowest BCUT2D eigenvalue weighted by molar-refractivity contribution is -0.127. The molecule has 1 aliphatic rings. The summed E-state index contributed by atoms with van der Waals surface area (Å²) in [4.78, 5) is 28.2. The van der Waals surface area contributed by atoms with Gasteiger partial charge in [0, 0.05) is 10.9 Å². The van der Waals surface area contributed by atoms with Gasteiger partial charge in [0.25, 0.3) is 0 Å². The Morgan fingerprint density at radius 3 is 2.44 bits per heavy atom. The molecule has 0 bridgehead atoms. The van der Waals surface area contributed by atoms with E-state index >= 15 is 0 Å². The van der Waals surface area contributed by atoms with Crippen LogP contribution >= 0.6 is 11.8 Å². The van der Waals surface area contributed by atoms with Gasteiger partial charge in [0.2, 0.25) is 11.8 Å². The van der Waals surface area contributed by atoms with Crippen molar-refractivity contribution in [1.82, 2.24) is 10.2 Å². The summed E-state index contributed by atoms with van der Waals surface area (Å²) in [5.74, 6) is -0.192. The molecule has 1 fully saturated rings. The maximum absolute atomic E-state index is 12.8. The Morgan fingerprint density at radius 2 is 1.78 bits per heavy atom. The van der Waals surface area contributed by atoms with Crippen molar-refractivity contribution < 1.29 is 9.59 Å². The Morgan fingerprint density at radius 1 is 1.11 bits per heavy atom. The molecule has 2 aromatic carbocycles. The van der Waals surface area contributed by atoms with Crippen molar-refractivity contribution >= 4 is 29.3 Å². The number of hydrogen-bond donors (Lipinski definition) is 2. The van der Waals surface area contributed by atoms with E-state index in [0.29, 0.717) is 0 Å². The number of rotatable bonds is 8. The van der Waals surface area contributed by atoms with Gasteiger partial charge in [-0.1, -0.05) is 42.5 Å². The summed E-state index contributed by atoms with van der Waals surface area (Å²) in [6.45, 7) is 0.125. The zero-order valence-corrected chi connectivity index (χ0v) is 16.5. The maximum atomic E-state index is 12.8. The minimum atomic E-state index is -0.492. The van der Waals surface area contributed by atoms with Crippen LogP contribution in [-0.4, -0.2) is 42.6 Å². The molecule has 0 heterocycles. The quantitative estimate of drug-likeness (QED) is 0.687. The Balaban J connectivity index is 1.70. The zero-order valence-electron chi connectivity index (χ0n) is 15.6. The SMILES string of the molecule is CSc1ccccc1NC(=O)CN(C)[C@H](C(=O)NC1CC1)c1ccccc1. The molecule has 0 spiro atoms. The van der Waals surface area contributed by atoms with Gasteiger partial charge in [-0.05, 0) is 43.8 Å². The molecule has 1 atom stereocenters. The van der Waals surface area contributed by atoms with E-state index in [9.17, 15) is 9.59 Å². The van der Waals surface area contributed by atoms with Crippen molar-refractivity contribution in [3.05, 3.63) is 60.2 Å². The molecule has 1 saturated carbocycles. The number of amides is 2. The highest BCUT2D eigenvalue weighted by Crippen LogP contribution is 2.26. The monoisotopic (exact) mass is 383 g/mol. The Kier molecular flexibility index (Phi) is 6.53. The zero-order chi connectivity index (χ0) is 19.2. The van der Waals surface area contributed by atoms with E-state index in [1.165, 1.54) is 0 Å². The number of para-hydroxylation sites is 1. The van der Waals surface area contributed by atoms with Crippen LogP contribution in [0, 0.1) is 0 Å². The van der Waals surface area contributed by atoms with Crippen LogP contribution in [0.25, 0.3) is 0 Å². The second kappa shape index (κ2) is 9.06. The van der Waals surface area contributed by atoms with Gasteiger partial charge in [-0.25, -0.2) is 0 Å². The first-order valence-corrected chi connectivity index (χ1v) is 10.3. The van der Waals surface area contributed by atoms with E-state index in [1.54, 1.807) is 16.7 Å². The van der Waals surface area contributed by atoms with Crippen LogP contribution in [0.5, 0.6) is 0 Å². The summed E-state index contributed by atoms with van der Waals surface area (Å²) in [7, 11) is 1.81. The van der Waals surface area contributed by atoms with Gasteiger partial charge in [-0.15, -0.1) is 11.8 Å². The lowest BCUT2D eigenvalue weighted by Crippen LogP contribution is -2.42. The number of nitrogens with zero attached hydrogens (tertiary/aromatic N) is 1. The van der Waals surface area contributed by atoms with Gasteiger partial charge in [-0.3, -0.25) is 14.5 Å². The fourth-order valence-corrected chi connectivity index (χ4v) is 3.56. The summed E-state index contributed by atoms with van der Waals surface area (Å²) in [5, 5.41) is 6.02. The fraction of sp³-hybridized carbons (Fsp3) is 0.333. The second-order valence-corrected chi connectivity index (χ2v) is 7.61. The lowest BCUT2D eigenvalue weighted by Gasteiger charge is -2.27. The molecular formula is C21H25N3O2S. The van der Waals surface area contributed by atoms with Crippen molar-refractivity contribution in [1.29, 1.82) is 0 Å². The number of likely N-dealkylation sites (N-methyl/N-ethyl adjacent to an activating group) is 1. The topological polar surface area (TPSA) is 61.4 Å². The Labute approximate surface area is 164 Å². The number of hydrogen-bond acceptors (Lipinski definition) is 4. The number of carbonyl (C=O) groups is 2. The van der Waals surface area contributed by atoms with Gasteiger partial charge >= 0.3 is 0 Å². The average molecular weight is 384 g/mol. The van der Waals surface area contributed by atoms with E-state index in [2.05, 4.69) is 10.6 Å². The molecule has 142 valence electrons. The van der Waals surface area contributed by atoms with Crippen molar-refractivity contribution in [3.63, 3.8) is 0 Å². The standard InChI is InChI=1S/C21H25N3O2S/c1-24(14-19(25)23-17-10-6-7-11-18(17)27-2)20(15-8-4-3-5-9-15)21(26)22-16-12-13-16/h3-11,16,20H,12-14H2,1-2H3,(H,22,26)(H,23,25)/t20-/m0/s1. The van der Waals surface area contributed by atoms with E-state index in [1.807, 2.05) is 67.9 Å². The number of thioether (sulfide) groups is 1. The summed E-state index contributed by atoms with van der Waals surface area (Å²) >= 11 is 1.59. The van der Waals surface area contributed by atoms with E-state index < -0.39 is 6.04 Å². The lowest BCUT2D eigenvalue weighted by atomic mass is 10.0. The molecule has 27 heavy (non-hydrogen) atoms. The highest BCUT2D eigenvalue weighted by atomic mass is 32.2. The third-order valence-electron chi connectivity index (χ3n) is 4.50. The molecule has 2 amide bonds.